The van der Waals surface area contributed by atoms with Gasteiger partial charge in [-0.25, -0.2) is 0 Å². The molecule has 1 aromatic carbocycles. The van der Waals surface area contributed by atoms with Crippen molar-refractivity contribution in [2.75, 3.05) is 6.61 Å². The Morgan fingerprint density at radius 1 is 1.43 bits per heavy atom. The maximum absolute atomic E-state index is 13.5. The molecule has 0 heterocycles. The van der Waals surface area contributed by atoms with Crippen molar-refractivity contribution in [1.29, 1.82) is 0 Å². The highest BCUT2D eigenvalue weighted by atomic mass is 35.5. The molecule has 7 heteroatoms. The van der Waals surface area contributed by atoms with Gasteiger partial charge in [0.15, 0.2) is 0 Å². The van der Waals surface area contributed by atoms with E-state index in [1.165, 1.54) is 12.1 Å². The van der Waals surface area contributed by atoms with Gasteiger partial charge >= 0.3 is 5.38 Å². The van der Waals surface area contributed by atoms with E-state index in [0.717, 1.165) is 17.9 Å². The van der Waals surface area contributed by atoms with Gasteiger partial charge in [0.1, 0.15) is 5.25 Å². The van der Waals surface area contributed by atoms with Crippen molar-refractivity contribution in [3.8, 4) is 0 Å². The zero-order valence-electron chi connectivity index (χ0n) is 11.6. The van der Waals surface area contributed by atoms with Crippen LogP contribution in [-0.4, -0.2) is 32.7 Å². The van der Waals surface area contributed by atoms with Gasteiger partial charge in [-0.05, 0) is 43.7 Å². The van der Waals surface area contributed by atoms with Crippen molar-refractivity contribution in [3.63, 3.8) is 0 Å². The molecule has 1 N–H and O–H groups in total. The van der Waals surface area contributed by atoms with Crippen LogP contribution in [-0.2, 0) is 15.5 Å². The summed E-state index contributed by atoms with van der Waals surface area (Å²) in [5.74, 6) is 0. The van der Waals surface area contributed by atoms with E-state index >= 15 is 0 Å². The zero-order chi connectivity index (χ0) is 16.0. The lowest BCUT2D eigenvalue weighted by atomic mass is 10.2. The Labute approximate surface area is 130 Å². The standard InChI is InChI=1S/C14H17ClF2O3S/c1-3-20-9-8-12(18)13(14(15,16)17)21(19)11-6-4-10(2)5-7-11/h4-9,12-13,18H,3H2,1-2H3/b9-8+/t12-,13?,21?/m0/s1. The summed E-state index contributed by atoms with van der Waals surface area (Å²) in [6, 6.07) is 6.25. The van der Waals surface area contributed by atoms with Crippen molar-refractivity contribution in [2.24, 2.45) is 0 Å². The van der Waals surface area contributed by atoms with E-state index in [4.69, 9.17) is 16.3 Å². The highest BCUT2D eigenvalue weighted by molar-refractivity contribution is 7.86. The molecule has 0 aromatic heterocycles. The number of aliphatic hydroxyl groups excluding tert-OH is 1. The number of hydrogen-bond donors (Lipinski definition) is 1. The van der Waals surface area contributed by atoms with Crippen LogP contribution in [0.25, 0.3) is 0 Å². The summed E-state index contributed by atoms with van der Waals surface area (Å²) < 4.78 is 44.1. The second kappa shape index (κ2) is 7.87. The number of ether oxygens (including phenoxy) is 1. The lowest BCUT2D eigenvalue weighted by molar-refractivity contribution is 0.0491. The number of benzene rings is 1. The van der Waals surface area contributed by atoms with Crippen LogP contribution in [0.2, 0.25) is 0 Å². The average Bonchev–Trinajstić information content (AvgIpc) is 2.38. The molecule has 0 aliphatic carbocycles. The molecule has 0 aliphatic rings. The molecule has 0 radical (unpaired) electrons. The highest BCUT2D eigenvalue weighted by Crippen LogP contribution is 2.33. The normalized spacial score (nSPS) is 16.7. The first-order valence-corrected chi connectivity index (χ1v) is 7.86. The van der Waals surface area contributed by atoms with Crippen LogP contribution in [0.4, 0.5) is 8.78 Å². The van der Waals surface area contributed by atoms with Gasteiger partial charge in [0.05, 0.1) is 29.8 Å². The first-order chi connectivity index (χ1) is 9.77. The first-order valence-electron chi connectivity index (χ1n) is 6.27. The minimum atomic E-state index is -3.83. The molecular weight excluding hydrogens is 322 g/mol. The topological polar surface area (TPSA) is 46.5 Å². The number of alkyl halides is 3. The van der Waals surface area contributed by atoms with E-state index in [2.05, 4.69) is 0 Å². The fraction of sp³-hybridized carbons (Fsp3) is 0.429. The molecule has 0 spiro atoms. The molecule has 21 heavy (non-hydrogen) atoms. The molecule has 3 atom stereocenters. The van der Waals surface area contributed by atoms with E-state index in [0.29, 0.717) is 6.61 Å². The van der Waals surface area contributed by atoms with E-state index in [9.17, 15) is 18.1 Å². The molecule has 2 unspecified atom stereocenters. The summed E-state index contributed by atoms with van der Waals surface area (Å²) in [4.78, 5) is 0.176. The van der Waals surface area contributed by atoms with Gasteiger partial charge in [-0.15, -0.1) is 0 Å². The molecule has 0 aliphatic heterocycles. The van der Waals surface area contributed by atoms with Gasteiger partial charge in [0.25, 0.3) is 0 Å². The smallest absolute Gasteiger partial charge is 0.339 e. The van der Waals surface area contributed by atoms with Gasteiger partial charge < -0.3 is 9.84 Å². The summed E-state index contributed by atoms with van der Waals surface area (Å²) in [7, 11) is -2.17. The van der Waals surface area contributed by atoms with Crippen LogP contribution in [0.5, 0.6) is 0 Å². The minimum absolute atomic E-state index is 0.176. The second-order valence-electron chi connectivity index (χ2n) is 4.35. The third-order valence-corrected chi connectivity index (χ3v) is 4.79. The van der Waals surface area contributed by atoms with Gasteiger partial charge in [-0.1, -0.05) is 17.7 Å². The van der Waals surface area contributed by atoms with Crippen molar-refractivity contribution in [3.05, 3.63) is 42.2 Å². The third kappa shape index (κ3) is 5.37. The van der Waals surface area contributed by atoms with Gasteiger partial charge in [-0.3, -0.25) is 4.21 Å². The van der Waals surface area contributed by atoms with Crippen LogP contribution in [0.15, 0.2) is 41.5 Å². The van der Waals surface area contributed by atoms with Crippen LogP contribution < -0.4 is 0 Å². The Balaban J connectivity index is 3.02. The molecule has 0 saturated heterocycles. The Bertz CT molecular complexity index is 500. The number of rotatable bonds is 7. The number of aryl methyl sites for hydroxylation is 1. The first kappa shape index (κ1) is 18.1. The third-order valence-electron chi connectivity index (χ3n) is 2.66. The molecular formula is C14H17ClF2O3S. The second-order valence-corrected chi connectivity index (χ2v) is 6.43. The van der Waals surface area contributed by atoms with E-state index in [-0.39, 0.29) is 4.90 Å². The predicted octanol–water partition coefficient (Wildman–Crippen LogP) is 3.21. The highest BCUT2D eigenvalue weighted by Gasteiger charge is 2.46. The minimum Gasteiger partial charge on any atom is -0.502 e. The largest absolute Gasteiger partial charge is 0.502 e. The Morgan fingerprint density at radius 2 is 2.00 bits per heavy atom. The van der Waals surface area contributed by atoms with Gasteiger partial charge in [0, 0.05) is 4.90 Å². The van der Waals surface area contributed by atoms with Crippen LogP contribution in [0.3, 0.4) is 0 Å². The number of aliphatic hydroxyl groups is 1. The van der Waals surface area contributed by atoms with Crippen molar-refractivity contribution in [1.82, 2.24) is 0 Å². The maximum atomic E-state index is 13.5. The fourth-order valence-electron chi connectivity index (χ4n) is 1.59. The van der Waals surface area contributed by atoms with Gasteiger partial charge in [0.2, 0.25) is 0 Å². The molecule has 0 saturated carbocycles. The predicted molar refractivity (Wildman–Crippen MR) is 78.9 cm³/mol. The molecule has 0 fully saturated rings. The quantitative estimate of drug-likeness (QED) is 0.613. The zero-order valence-corrected chi connectivity index (χ0v) is 13.2. The summed E-state index contributed by atoms with van der Waals surface area (Å²) >= 11 is 5.02. The molecule has 0 bridgehead atoms. The lowest BCUT2D eigenvalue weighted by Gasteiger charge is -2.24. The average molecular weight is 339 g/mol. The van der Waals surface area contributed by atoms with E-state index < -0.39 is 27.5 Å². The SMILES string of the molecule is CCO/C=C/[C@H](O)C(S(=O)c1ccc(C)cc1)C(F)(F)Cl. The van der Waals surface area contributed by atoms with Crippen molar-refractivity contribution < 1.29 is 22.8 Å². The van der Waals surface area contributed by atoms with Crippen molar-refractivity contribution in [2.45, 2.75) is 35.5 Å². The van der Waals surface area contributed by atoms with E-state index in [1.54, 1.807) is 19.1 Å². The summed E-state index contributed by atoms with van der Waals surface area (Å²) in [6.45, 7) is 3.85. The summed E-state index contributed by atoms with van der Waals surface area (Å²) in [5, 5.41) is 4.03. The Hall–Kier alpha value is -0.980. The van der Waals surface area contributed by atoms with Gasteiger partial charge in [-0.2, -0.15) is 8.78 Å². The molecule has 1 rings (SSSR count). The van der Waals surface area contributed by atoms with Crippen LogP contribution in [0.1, 0.15) is 12.5 Å². The molecule has 3 nitrogen and oxygen atoms in total. The number of hydrogen-bond acceptors (Lipinski definition) is 3. The van der Waals surface area contributed by atoms with Crippen LogP contribution >= 0.6 is 11.6 Å². The molecule has 0 amide bonds. The monoisotopic (exact) mass is 338 g/mol. The van der Waals surface area contributed by atoms with Crippen molar-refractivity contribution >= 4 is 22.4 Å². The Kier molecular flexibility index (Phi) is 6.77. The Morgan fingerprint density at radius 3 is 2.48 bits per heavy atom. The summed E-state index contributed by atoms with van der Waals surface area (Å²) in [6.07, 6.45) is 0.398. The van der Waals surface area contributed by atoms with Crippen LogP contribution in [0, 0.1) is 6.92 Å². The summed E-state index contributed by atoms with van der Waals surface area (Å²) in [5.41, 5.74) is 0.904. The van der Waals surface area contributed by atoms with E-state index in [1.807, 2.05) is 6.92 Å². The molecule has 118 valence electrons. The lowest BCUT2D eigenvalue weighted by Crippen LogP contribution is -2.41. The maximum Gasteiger partial charge on any atom is 0.339 e. The molecule has 1 aromatic rings. The fourth-order valence-corrected chi connectivity index (χ4v) is 3.25. The number of halogens is 3.